The monoisotopic (exact) mass is 453 g/mol. The molecule has 2 amide bonds. The summed E-state index contributed by atoms with van der Waals surface area (Å²) < 4.78 is 10.7. The lowest BCUT2D eigenvalue weighted by atomic mass is 10.0. The summed E-state index contributed by atoms with van der Waals surface area (Å²) >= 11 is 6.81. The number of rotatable bonds is 4. The highest BCUT2D eigenvalue weighted by atomic mass is 35.5. The topological polar surface area (TPSA) is 76.8 Å². The normalized spacial score (nSPS) is 15.1. The van der Waals surface area contributed by atoms with Crippen molar-refractivity contribution in [1.82, 2.24) is 0 Å². The quantitative estimate of drug-likeness (QED) is 0.359. The summed E-state index contributed by atoms with van der Waals surface area (Å²) in [6.45, 7) is 1.81. The Morgan fingerprint density at radius 1 is 1.13 bits per heavy atom. The van der Waals surface area contributed by atoms with Crippen molar-refractivity contribution >= 4 is 52.2 Å². The van der Waals surface area contributed by atoms with Crippen molar-refractivity contribution in [1.29, 1.82) is 0 Å². The number of imide groups is 1. The molecular formula is C23H16ClNO5S. The molecule has 0 saturated carbocycles. The Morgan fingerprint density at radius 2 is 1.90 bits per heavy atom. The summed E-state index contributed by atoms with van der Waals surface area (Å²) in [5, 5.41) is 0.0210. The van der Waals surface area contributed by atoms with E-state index in [1.165, 1.54) is 13.2 Å². The average Bonchev–Trinajstić information content (AvgIpc) is 3.32. The first-order valence-electron chi connectivity index (χ1n) is 9.20. The van der Waals surface area contributed by atoms with Gasteiger partial charge in [0.25, 0.3) is 11.1 Å². The molecule has 3 aromatic rings. The number of amides is 2. The highest BCUT2D eigenvalue weighted by Gasteiger charge is 2.36. The van der Waals surface area contributed by atoms with Crippen LogP contribution in [0.2, 0.25) is 5.02 Å². The van der Waals surface area contributed by atoms with E-state index >= 15 is 0 Å². The molecular weight excluding hydrogens is 438 g/mol. The van der Waals surface area contributed by atoms with E-state index in [0.717, 1.165) is 27.8 Å². The minimum absolute atomic E-state index is 0.242. The third kappa shape index (κ3) is 4.02. The number of carbonyl (C=O) groups is 3. The summed E-state index contributed by atoms with van der Waals surface area (Å²) in [6, 6.07) is 15.3. The van der Waals surface area contributed by atoms with Crippen LogP contribution in [-0.2, 0) is 9.53 Å². The molecule has 0 spiro atoms. The molecule has 2 heterocycles. The second-order valence-corrected chi connectivity index (χ2v) is 8.10. The van der Waals surface area contributed by atoms with Crippen LogP contribution in [0.25, 0.3) is 17.4 Å². The first kappa shape index (κ1) is 21.0. The van der Waals surface area contributed by atoms with Gasteiger partial charge in [0.1, 0.15) is 11.5 Å². The third-order valence-corrected chi connectivity index (χ3v) is 5.87. The van der Waals surface area contributed by atoms with Gasteiger partial charge < -0.3 is 9.15 Å². The SMILES string of the molecule is COC(=O)c1cccc(-c2ccc(/C=C3/SC(=O)N(c4cccc(Cl)c4)C3=O)o2)c1C. The molecule has 4 rings (SSSR count). The van der Waals surface area contributed by atoms with Crippen LogP contribution in [0.1, 0.15) is 21.7 Å². The van der Waals surface area contributed by atoms with Crippen LogP contribution in [0.5, 0.6) is 0 Å². The predicted octanol–water partition coefficient (Wildman–Crippen LogP) is 5.94. The Hall–Kier alpha value is -3.29. The zero-order valence-corrected chi connectivity index (χ0v) is 18.1. The lowest BCUT2D eigenvalue weighted by Gasteiger charge is -2.12. The Morgan fingerprint density at radius 3 is 2.65 bits per heavy atom. The zero-order chi connectivity index (χ0) is 22.1. The second-order valence-electron chi connectivity index (χ2n) is 6.67. The maximum atomic E-state index is 12.8. The molecule has 2 aromatic carbocycles. The van der Waals surface area contributed by atoms with Gasteiger partial charge in [0.15, 0.2) is 0 Å². The first-order chi connectivity index (χ1) is 14.9. The standard InChI is InChI=1S/C23H16ClNO5S/c1-13-17(7-4-8-18(13)22(27)29-2)19-10-9-16(30-19)12-20-21(26)25(23(28)31-20)15-6-3-5-14(24)11-15/h3-12H,1-2H3/b20-12+. The first-order valence-corrected chi connectivity index (χ1v) is 10.4. The number of ether oxygens (including phenoxy) is 1. The number of halogens is 1. The Kier molecular flexibility index (Phi) is 5.71. The summed E-state index contributed by atoms with van der Waals surface area (Å²) in [7, 11) is 1.33. The van der Waals surface area contributed by atoms with Crippen LogP contribution < -0.4 is 4.90 Å². The van der Waals surface area contributed by atoms with Gasteiger partial charge in [-0.25, -0.2) is 9.69 Å². The fourth-order valence-corrected chi connectivity index (χ4v) is 4.25. The number of furan rings is 1. The van der Waals surface area contributed by atoms with Gasteiger partial charge in [-0.3, -0.25) is 9.59 Å². The average molecular weight is 454 g/mol. The van der Waals surface area contributed by atoms with Gasteiger partial charge in [-0.15, -0.1) is 0 Å². The highest BCUT2D eigenvalue weighted by Crippen LogP contribution is 2.37. The lowest BCUT2D eigenvalue weighted by molar-refractivity contribution is -0.113. The minimum Gasteiger partial charge on any atom is -0.465 e. The van der Waals surface area contributed by atoms with Crippen molar-refractivity contribution < 1.29 is 23.5 Å². The highest BCUT2D eigenvalue weighted by molar-refractivity contribution is 8.19. The number of thioether (sulfide) groups is 1. The van der Waals surface area contributed by atoms with E-state index in [-0.39, 0.29) is 4.91 Å². The number of nitrogens with zero attached hydrogens (tertiary/aromatic N) is 1. The molecule has 1 aliphatic rings. The number of hydrogen-bond donors (Lipinski definition) is 0. The molecule has 1 saturated heterocycles. The largest absolute Gasteiger partial charge is 0.465 e. The van der Waals surface area contributed by atoms with Crippen molar-refractivity contribution in [3.8, 4) is 11.3 Å². The van der Waals surface area contributed by atoms with E-state index in [2.05, 4.69) is 0 Å². The summed E-state index contributed by atoms with van der Waals surface area (Å²) in [4.78, 5) is 38.5. The third-order valence-electron chi connectivity index (χ3n) is 4.76. The van der Waals surface area contributed by atoms with E-state index in [1.807, 2.05) is 6.07 Å². The summed E-state index contributed by atoms with van der Waals surface area (Å²) in [6.07, 6.45) is 1.53. The molecule has 0 atom stereocenters. The smallest absolute Gasteiger partial charge is 0.338 e. The van der Waals surface area contributed by atoms with Gasteiger partial charge in [-0.05, 0) is 60.6 Å². The maximum Gasteiger partial charge on any atom is 0.338 e. The molecule has 31 heavy (non-hydrogen) atoms. The lowest BCUT2D eigenvalue weighted by Crippen LogP contribution is -2.27. The molecule has 1 aliphatic heterocycles. The molecule has 156 valence electrons. The molecule has 1 fully saturated rings. The zero-order valence-electron chi connectivity index (χ0n) is 16.5. The molecule has 0 bridgehead atoms. The van der Waals surface area contributed by atoms with Crippen molar-refractivity contribution in [2.45, 2.75) is 6.92 Å². The van der Waals surface area contributed by atoms with E-state index in [0.29, 0.717) is 27.8 Å². The van der Waals surface area contributed by atoms with Crippen LogP contribution in [0.3, 0.4) is 0 Å². The van der Waals surface area contributed by atoms with Crippen molar-refractivity contribution in [2.75, 3.05) is 12.0 Å². The maximum absolute atomic E-state index is 12.8. The van der Waals surface area contributed by atoms with Gasteiger partial charge in [-0.2, -0.15) is 0 Å². The number of methoxy groups -OCH3 is 1. The van der Waals surface area contributed by atoms with Crippen LogP contribution in [0.4, 0.5) is 10.5 Å². The fourth-order valence-electron chi connectivity index (χ4n) is 3.24. The van der Waals surface area contributed by atoms with Crippen molar-refractivity contribution in [3.63, 3.8) is 0 Å². The van der Waals surface area contributed by atoms with Crippen LogP contribution in [-0.4, -0.2) is 24.2 Å². The fraction of sp³-hybridized carbons (Fsp3) is 0.0870. The van der Waals surface area contributed by atoms with E-state index < -0.39 is 17.1 Å². The second kappa shape index (κ2) is 8.45. The molecule has 8 heteroatoms. The number of hydrogen-bond acceptors (Lipinski definition) is 6. The molecule has 0 aliphatic carbocycles. The van der Waals surface area contributed by atoms with E-state index in [1.54, 1.807) is 55.5 Å². The van der Waals surface area contributed by atoms with Gasteiger partial charge in [-0.1, -0.05) is 29.8 Å². The minimum atomic E-state index is -0.445. The van der Waals surface area contributed by atoms with Gasteiger partial charge in [0, 0.05) is 16.7 Å². The molecule has 1 aromatic heterocycles. The van der Waals surface area contributed by atoms with Gasteiger partial charge >= 0.3 is 5.97 Å². The molecule has 0 unspecified atom stereocenters. The van der Waals surface area contributed by atoms with Crippen LogP contribution >= 0.6 is 23.4 Å². The molecule has 0 radical (unpaired) electrons. The van der Waals surface area contributed by atoms with E-state index in [9.17, 15) is 14.4 Å². The molecule has 6 nitrogen and oxygen atoms in total. The number of benzene rings is 2. The summed E-state index contributed by atoms with van der Waals surface area (Å²) in [5.41, 5.74) is 2.31. The summed E-state index contributed by atoms with van der Waals surface area (Å²) in [5.74, 6) is 0.0675. The van der Waals surface area contributed by atoms with Crippen LogP contribution in [0.15, 0.2) is 63.9 Å². The Labute approximate surface area is 187 Å². The van der Waals surface area contributed by atoms with Gasteiger partial charge in [0.2, 0.25) is 0 Å². The Bertz CT molecular complexity index is 1250. The van der Waals surface area contributed by atoms with Crippen LogP contribution in [0, 0.1) is 6.92 Å². The van der Waals surface area contributed by atoms with Crippen molar-refractivity contribution in [3.05, 3.63) is 81.4 Å². The van der Waals surface area contributed by atoms with Gasteiger partial charge in [0.05, 0.1) is 23.3 Å². The number of carbonyl (C=O) groups excluding carboxylic acids is 3. The number of esters is 1. The molecule has 0 N–H and O–H groups in total. The number of anilines is 1. The predicted molar refractivity (Wildman–Crippen MR) is 120 cm³/mol. The van der Waals surface area contributed by atoms with Crippen molar-refractivity contribution in [2.24, 2.45) is 0 Å². The Balaban J connectivity index is 1.63. The van der Waals surface area contributed by atoms with E-state index in [4.69, 9.17) is 20.8 Å².